The number of rotatable bonds is 6. The highest BCUT2D eigenvalue weighted by Gasteiger charge is 2.22. The molecule has 0 saturated carbocycles. The highest BCUT2D eigenvalue weighted by atomic mass is 16.5. The maximum absolute atomic E-state index is 12.6. The Bertz CT molecular complexity index is 981. The predicted octanol–water partition coefficient (Wildman–Crippen LogP) is 4.53. The van der Waals surface area contributed by atoms with Gasteiger partial charge in [-0.15, -0.1) is 0 Å². The number of carbonyl (C=O) groups excluding carboxylic acids is 1. The number of carbonyl (C=O) groups is 1. The third-order valence-corrected chi connectivity index (χ3v) is 5.18. The number of benzene rings is 2. The molecule has 2 atom stereocenters. The van der Waals surface area contributed by atoms with Gasteiger partial charge in [0.05, 0.1) is 12.2 Å². The molecule has 1 aliphatic rings. The minimum atomic E-state index is -0.151. The molecule has 1 N–H and O–H groups in total. The zero-order chi connectivity index (χ0) is 21.6. The second-order valence-electron chi connectivity index (χ2n) is 7.83. The first-order valence-electron chi connectivity index (χ1n) is 10.5. The van der Waals surface area contributed by atoms with Crippen molar-refractivity contribution in [2.45, 2.75) is 32.7 Å². The van der Waals surface area contributed by atoms with Gasteiger partial charge in [-0.25, -0.2) is 0 Å². The van der Waals surface area contributed by atoms with Crippen molar-refractivity contribution in [3.05, 3.63) is 84.2 Å². The number of ether oxygens (including phenoxy) is 2. The number of anilines is 2. The molecule has 1 saturated heterocycles. The van der Waals surface area contributed by atoms with Crippen molar-refractivity contribution in [3.8, 4) is 5.75 Å². The van der Waals surface area contributed by atoms with Crippen molar-refractivity contribution >= 4 is 17.3 Å². The normalized spacial score (nSPS) is 18.5. The molecule has 1 aliphatic heterocycles. The van der Waals surface area contributed by atoms with E-state index < -0.39 is 0 Å². The summed E-state index contributed by atoms with van der Waals surface area (Å²) in [6.45, 7) is 6.37. The van der Waals surface area contributed by atoms with Crippen molar-refractivity contribution in [3.63, 3.8) is 0 Å². The first kappa shape index (κ1) is 20.9. The first-order valence-corrected chi connectivity index (χ1v) is 10.5. The molecule has 0 bridgehead atoms. The van der Waals surface area contributed by atoms with Crippen LogP contribution in [0.25, 0.3) is 0 Å². The van der Waals surface area contributed by atoms with Gasteiger partial charge in [0.25, 0.3) is 5.91 Å². The summed E-state index contributed by atoms with van der Waals surface area (Å²) in [5.41, 5.74) is 3.52. The van der Waals surface area contributed by atoms with Gasteiger partial charge in [0.15, 0.2) is 0 Å². The molecule has 1 fully saturated rings. The molecule has 0 spiro atoms. The summed E-state index contributed by atoms with van der Waals surface area (Å²) >= 11 is 0. The number of aromatic nitrogens is 1. The molecule has 160 valence electrons. The fraction of sp³-hybridized carbons (Fsp3) is 0.280. The molecule has 2 heterocycles. The van der Waals surface area contributed by atoms with E-state index in [0.717, 1.165) is 30.0 Å². The van der Waals surface area contributed by atoms with Gasteiger partial charge < -0.3 is 19.7 Å². The fourth-order valence-electron chi connectivity index (χ4n) is 3.70. The lowest BCUT2D eigenvalue weighted by Gasteiger charge is -2.36. The van der Waals surface area contributed by atoms with Crippen LogP contribution in [-0.4, -0.2) is 36.2 Å². The van der Waals surface area contributed by atoms with Gasteiger partial charge in [-0.05, 0) is 80.1 Å². The molecular formula is C25H27N3O3. The van der Waals surface area contributed by atoms with Crippen LogP contribution in [0.15, 0.2) is 73.1 Å². The molecule has 0 radical (unpaired) electrons. The van der Waals surface area contributed by atoms with Gasteiger partial charge in [0, 0.05) is 42.4 Å². The van der Waals surface area contributed by atoms with Crippen LogP contribution in [0.5, 0.6) is 5.75 Å². The van der Waals surface area contributed by atoms with E-state index in [0.29, 0.717) is 17.9 Å². The van der Waals surface area contributed by atoms with E-state index in [1.54, 1.807) is 36.7 Å². The molecule has 1 aromatic heterocycles. The summed E-state index contributed by atoms with van der Waals surface area (Å²) in [5, 5.41) is 2.95. The van der Waals surface area contributed by atoms with E-state index in [1.807, 2.05) is 36.4 Å². The van der Waals surface area contributed by atoms with Gasteiger partial charge in [-0.1, -0.05) is 0 Å². The Labute approximate surface area is 182 Å². The summed E-state index contributed by atoms with van der Waals surface area (Å²) in [5.74, 6) is 0.564. The molecule has 2 aromatic carbocycles. The molecule has 3 aromatic rings. The highest BCUT2D eigenvalue weighted by Crippen LogP contribution is 2.23. The van der Waals surface area contributed by atoms with Crippen LogP contribution in [0, 0.1) is 0 Å². The van der Waals surface area contributed by atoms with Gasteiger partial charge in [-0.2, -0.15) is 0 Å². The van der Waals surface area contributed by atoms with Crippen molar-refractivity contribution in [2.75, 3.05) is 23.3 Å². The lowest BCUT2D eigenvalue weighted by atomic mass is 10.1. The Morgan fingerprint density at radius 2 is 1.65 bits per heavy atom. The average Bonchev–Trinajstić information content (AvgIpc) is 2.78. The quantitative estimate of drug-likeness (QED) is 0.639. The highest BCUT2D eigenvalue weighted by molar-refractivity contribution is 6.04. The Kier molecular flexibility index (Phi) is 6.48. The van der Waals surface area contributed by atoms with Crippen molar-refractivity contribution in [1.29, 1.82) is 0 Å². The number of hydrogen-bond acceptors (Lipinski definition) is 5. The zero-order valence-electron chi connectivity index (χ0n) is 17.8. The van der Waals surface area contributed by atoms with Gasteiger partial charge >= 0.3 is 0 Å². The lowest BCUT2D eigenvalue weighted by molar-refractivity contribution is -0.00521. The predicted molar refractivity (Wildman–Crippen MR) is 122 cm³/mol. The number of pyridine rings is 1. The SMILES string of the molecule is C[C@@H]1CN(c2ccc(NC(=O)c3ccc(OCc4ccncc4)cc3)cc2)C[C@H](C)O1. The molecule has 6 heteroatoms. The smallest absolute Gasteiger partial charge is 0.255 e. The van der Waals surface area contributed by atoms with Crippen LogP contribution in [-0.2, 0) is 11.3 Å². The van der Waals surface area contributed by atoms with E-state index in [9.17, 15) is 4.79 Å². The monoisotopic (exact) mass is 417 g/mol. The Hall–Kier alpha value is -3.38. The minimum Gasteiger partial charge on any atom is -0.489 e. The van der Waals surface area contributed by atoms with E-state index in [4.69, 9.17) is 9.47 Å². The summed E-state index contributed by atoms with van der Waals surface area (Å²) in [7, 11) is 0. The molecular weight excluding hydrogens is 390 g/mol. The Morgan fingerprint density at radius 3 is 2.29 bits per heavy atom. The minimum absolute atomic E-state index is 0.151. The summed E-state index contributed by atoms with van der Waals surface area (Å²) < 4.78 is 11.6. The topological polar surface area (TPSA) is 63.7 Å². The van der Waals surface area contributed by atoms with Crippen LogP contribution < -0.4 is 15.0 Å². The third-order valence-electron chi connectivity index (χ3n) is 5.18. The second-order valence-corrected chi connectivity index (χ2v) is 7.83. The summed E-state index contributed by atoms with van der Waals surface area (Å²) in [6, 6.07) is 18.9. The number of nitrogens with zero attached hydrogens (tertiary/aromatic N) is 2. The molecule has 4 rings (SSSR count). The third kappa shape index (κ3) is 5.61. The van der Waals surface area contributed by atoms with Gasteiger partial charge in [0.1, 0.15) is 12.4 Å². The summed E-state index contributed by atoms with van der Waals surface area (Å²) in [6.07, 6.45) is 3.89. The van der Waals surface area contributed by atoms with E-state index in [1.165, 1.54) is 0 Å². The molecule has 0 aliphatic carbocycles. The van der Waals surface area contributed by atoms with Crippen LogP contribution in [0.4, 0.5) is 11.4 Å². The molecule has 6 nitrogen and oxygen atoms in total. The number of hydrogen-bond donors (Lipinski definition) is 1. The number of nitrogens with one attached hydrogen (secondary N) is 1. The number of morpholine rings is 1. The largest absolute Gasteiger partial charge is 0.489 e. The summed E-state index contributed by atoms with van der Waals surface area (Å²) in [4.78, 5) is 18.9. The van der Waals surface area contributed by atoms with E-state index >= 15 is 0 Å². The molecule has 0 unspecified atom stereocenters. The first-order chi connectivity index (χ1) is 15.1. The second kappa shape index (κ2) is 9.62. The standard InChI is InChI=1S/C25H27N3O3/c1-18-15-28(16-19(2)31-18)23-7-5-22(6-8-23)27-25(29)21-3-9-24(10-4-21)30-17-20-11-13-26-14-12-20/h3-14,18-19H,15-17H2,1-2H3,(H,27,29)/t18-,19+. The zero-order valence-corrected chi connectivity index (χ0v) is 17.8. The fourth-order valence-corrected chi connectivity index (χ4v) is 3.70. The van der Waals surface area contributed by atoms with E-state index in [-0.39, 0.29) is 18.1 Å². The Balaban J connectivity index is 1.32. The Morgan fingerprint density at radius 1 is 1.00 bits per heavy atom. The van der Waals surface area contributed by atoms with Crippen LogP contribution in [0.2, 0.25) is 0 Å². The van der Waals surface area contributed by atoms with Crippen molar-refractivity contribution in [2.24, 2.45) is 0 Å². The van der Waals surface area contributed by atoms with Gasteiger partial charge in [0.2, 0.25) is 0 Å². The lowest BCUT2D eigenvalue weighted by Crippen LogP contribution is -2.45. The van der Waals surface area contributed by atoms with Crippen LogP contribution in [0.3, 0.4) is 0 Å². The molecule has 31 heavy (non-hydrogen) atoms. The van der Waals surface area contributed by atoms with Crippen LogP contribution in [0.1, 0.15) is 29.8 Å². The van der Waals surface area contributed by atoms with Crippen molar-refractivity contribution in [1.82, 2.24) is 4.98 Å². The maximum Gasteiger partial charge on any atom is 0.255 e. The maximum atomic E-state index is 12.6. The van der Waals surface area contributed by atoms with Crippen LogP contribution >= 0.6 is 0 Å². The van der Waals surface area contributed by atoms with E-state index in [2.05, 4.69) is 29.0 Å². The molecule has 1 amide bonds. The average molecular weight is 418 g/mol. The van der Waals surface area contributed by atoms with Gasteiger partial charge in [-0.3, -0.25) is 9.78 Å². The number of amides is 1. The van der Waals surface area contributed by atoms with Crippen molar-refractivity contribution < 1.29 is 14.3 Å².